The second kappa shape index (κ2) is 7.65. The standard InChI is InChI=1S/C17H24N2S/c1-4-9-19-17(12-20-13(2)3)16-11-18-10-14-7-5-6-8-15(14)16/h5-8,10-11,13,17,19H,4,9,12H2,1-3H3. The lowest BCUT2D eigenvalue weighted by molar-refractivity contribution is 0.579. The third-order valence-corrected chi connectivity index (χ3v) is 4.50. The highest BCUT2D eigenvalue weighted by Gasteiger charge is 2.14. The van der Waals surface area contributed by atoms with E-state index >= 15 is 0 Å². The Morgan fingerprint density at radius 2 is 2.00 bits per heavy atom. The lowest BCUT2D eigenvalue weighted by atomic mass is 10.0. The van der Waals surface area contributed by atoms with E-state index in [0.717, 1.165) is 18.7 Å². The Labute approximate surface area is 126 Å². The number of hydrogen-bond donors (Lipinski definition) is 1. The van der Waals surface area contributed by atoms with Gasteiger partial charge in [-0.05, 0) is 29.2 Å². The summed E-state index contributed by atoms with van der Waals surface area (Å²) < 4.78 is 0. The molecule has 0 aliphatic rings. The largest absolute Gasteiger partial charge is 0.309 e. The average molecular weight is 288 g/mol. The predicted molar refractivity (Wildman–Crippen MR) is 90.4 cm³/mol. The normalized spacial score (nSPS) is 13.0. The first kappa shape index (κ1) is 15.3. The van der Waals surface area contributed by atoms with Crippen molar-refractivity contribution >= 4 is 22.5 Å². The molecular formula is C17H24N2S. The number of fused-ring (bicyclic) bond motifs is 1. The van der Waals surface area contributed by atoms with Crippen LogP contribution >= 0.6 is 11.8 Å². The molecule has 1 aromatic heterocycles. The summed E-state index contributed by atoms with van der Waals surface area (Å²) >= 11 is 2.00. The number of hydrogen-bond acceptors (Lipinski definition) is 3. The first-order valence-electron chi connectivity index (χ1n) is 7.40. The Kier molecular flexibility index (Phi) is 5.86. The van der Waals surface area contributed by atoms with Crippen LogP contribution in [0.1, 0.15) is 38.8 Å². The van der Waals surface area contributed by atoms with Gasteiger partial charge in [-0.3, -0.25) is 4.98 Å². The Hall–Kier alpha value is -1.06. The molecule has 2 rings (SSSR count). The van der Waals surface area contributed by atoms with Crippen LogP contribution in [0.4, 0.5) is 0 Å². The van der Waals surface area contributed by atoms with E-state index in [1.165, 1.54) is 16.3 Å². The van der Waals surface area contributed by atoms with E-state index in [-0.39, 0.29) is 0 Å². The molecule has 1 aromatic carbocycles. The van der Waals surface area contributed by atoms with Crippen molar-refractivity contribution in [3.05, 3.63) is 42.2 Å². The first-order chi connectivity index (χ1) is 9.72. The number of benzene rings is 1. The third kappa shape index (κ3) is 3.97. The van der Waals surface area contributed by atoms with Crippen LogP contribution in [0.15, 0.2) is 36.7 Å². The van der Waals surface area contributed by atoms with Gasteiger partial charge in [0, 0.05) is 29.6 Å². The summed E-state index contributed by atoms with van der Waals surface area (Å²) in [6.07, 6.45) is 5.13. The highest BCUT2D eigenvalue weighted by molar-refractivity contribution is 7.99. The van der Waals surface area contributed by atoms with Crippen LogP contribution in [-0.4, -0.2) is 22.5 Å². The molecule has 0 saturated heterocycles. The number of pyridine rings is 1. The van der Waals surface area contributed by atoms with Crippen LogP contribution < -0.4 is 5.32 Å². The zero-order valence-corrected chi connectivity index (χ0v) is 13.4. The summed E-state index contributed by atoms with van der Waals surface area (Å²) in [5.41, 5.74) is 1.32. The van der Waals surface area contributed by atoms with Crippen molar-refractivity contribution in [2.75, 3.05) is 12.3 Å². The molecule has 0 aliphatic carbocycles. The summed E-state index contributed by atoms with van der Waals surface area (Å²) in [6, 6.07) is 8.90. The molecule has 1 atom stereocenters. The van der Waals surface area contributed by atoms with Gasteiger partial charge in [0.2, 0.25) is 0 Å². The molecule has 0 spiro atoms. The quantitative estimate of drug-likeness (QED) is 0.816. The van der Waals surface area contributed by atoms with E-state index in [9.17, 15) is 0 Å². The van der Waals surface area contributed by atoms with E-state index < -0.39 is 0 Å². The molecule has 0 aliphatic heterocycles. The zero-order valence-electron chi connectivity index (χ0n) is 12.6. The van der Waals surface area contributed by atoms with Crippen molar-refractivity contribution in [1.82, 2.24) is 10.3 Å². The number of nitrogens with one attached hydrogen (secondary N) is 1. The van der Waals surface area contributed by atoms with Gasteiger partial charge in [-0.25, -0.2) is 0 Å². The van der Waals surface area contributed by atoms with Crippen LogP contribution in [-0.2, 0) is 0 Å². The van der Waals surface area contributed by atoms with Crippen molar-refractivity contribution in [2.45, 2.75) is 38.5 Å². The maximum absolute atomic E-state index is 4.42. The molecule has 0 amide bonds. The smallest absolute Gasteiger partial charge is 0.0433 e. The molecule has 20 heavy (non-hydrogen) atoms. The summed E-state index contributed by atoms with van der Waals surface area (Å²) in [5.74, 6) is 1.09. The van der Waals surface area contributed by atoms with Gasteiger partial charge in [0.1, 0.15) is 0 Å². The summed E-state index contributed by atoms with van der Waals surface area (Å²) in [6.45, 7) is 7.76. The van der Waals surface area contributed by atoms with Crippen LogP contribution in [0.25, 0.3) is 10.8 Å². The van der Waals surface area contributed by atoms with E-state index in [1.54, 1.807) is 0 Å². The van der Waals surface area contributed by atoms with Gasteiger partial charge < -0.3 is 5.32 Å². The topological polar surface area (TPSA) is 24.9 Å². The van der Waals surface area contributed by atoms with Gasteiger partial charge in [-0.1, -0.05) is 45.0 Å². The van der Waals surface area contributed by atoms with Gasteiger partial charge >= 0.3 is 0 Å². The minimum Gasteiger partial charge on any atom is -0.309 e. The molecule has 3 heteroatoms. The number of nitrogens with zero attached hydrogens (tertiary/aromatic N) is 1. The summed E-state index contributed by atoms with van der Waals surface area (Å²) in [5, 5.41) is 6.87. The predicted octanol–water partition coefficient (Wildman–Crippen LogP) is 4.42. The fourth-order valence-corrected chi connectivity index (χ4v) is 3.16. The molecule has 108 valence electrons. The fourth-order valence-electron chi connectivity index (χ4n) is 2.28. The third-order valence-electron chi connectivity index (χ3n) is 3.31. The Morgan fingerprint density at radius 1 is 1.20 bits per heavy atom. The molecule has 1 heterocycles. The highest BCUT2D eigenvalue weighted by Crippen LogP contribution is 2.27. The molecule has 2 aromatic rings. The minimum absolute atomic E-state index is 0.376. The molecule has 1 N–H and O–H groups in total. The van der Waals surface area contributed by atoms with Gasteiger partial charge in [-0.2, -0.15) is 11.8 Å². The Bertz CT molecular complexity index is 534. The highest BCUT2D eigenvalue weighted by atomic mass is 32.2. The van der Waals surface area contributed by atoms with Gasteiger partial charge in [0.25, 0.3) is 0 Å². The summed E-state index contributed by atoms with van der Waals surface area (Å²) in [4.78, 5) is 4.42. The molecule has 1 unspecified atom stereocenters. The maximum atomic E-state index is 4.42. The molecule has 0 radical (unpaired) electrons. The van der Waals surface area contributed by atoms with Gasteiger partial charge in [0.05, 0.1) is 0 Å². The number of aromatic nitrogens is 1. The van der Waals surface area contributed by atoms with Gasteiger partial charge in [0.15, 0.2) is 0 Å². The Balaban J connectivity index is 2.29. The van der Waals surface area contributed by atoms with Crippen LogP contribution in [0.3, 0.4) is 0 Å². The molecule has 2 nitrogen and oxygen atoms in total. The molecule has 0 fully saturated rings. The van der Waals surface area contributed by atoms with Crippen molar-refractivity contribution in [3.63, 3.8) is 0 Å². The number of rotatable bonds is 7. The van der Waals surface area contributed by atoms with Crippen molar-refractivity contribution < 1.29 is 0 Å². The van der Waals surface area contributed by atoms with Crippen molar-refractivity contribution in [2.24, 2.45) is 0 Å². The van der Waals surface area contributed by atoms with Crippen LogP contribution in [0.5, 0.6) is 0 Å². The second-order valence-electron chi connectivity index (χ2n) is 5.34. The van der Waals surface area contributed by atoms with Gasteiger partial charge in [-0.15, -0.1) is 0 Å². The van der Waals surface area contributed by atoms with Crippen LogP contribution in [0.2, 0.25) is 0 Å². The second-order valence-corrected chi connectivity index (χ2v) is 6.95. The maximum Gasteiger partial charge on any atom is 0.0433 e. The lowest BCUT2D eigenvalue weighted by Gasteiger charge is -2.21. The average Bonchev–Trinajstić information content (AvgIpc) is 2.47. The zero-order chi connectivity index (χ0) is 14.4. The van der Waals surface area contributed by atoms with E-state index in [4.69, 9.17) is 0 Å². The lowest BCUT2D eigenvalue weighted by Crippen LogP contribution is -2.25. The van der Waals surface area contributed by atoms with E-state index in [2.05, 4.69) is 55.3 Å². The van der Waals surface area contributed by atoms with Crippen molar-refractivity contribution in [1.29, 1.82) is 0 Å². The first-order valence-corrected chi connectivity index (χ1v) is 8.45. The minimum atomic E-state index is 0.376. The van der Waals surface area contributed by atoms with E-state index in [1.807, 2.05) is 24.2 Å². The fraction of sp³-hybridized carbons (Fsp3) is 0.471. The molecule has 0 saturated carbocycles. The SMILES string of the molecule is CCCNC(CSC(C)C)c1cncc2ccccc12. The van der Waals surface area contributed by atoms with E-state index in [0.29, 0.717) is 11.3 Å². The van der Waals surface area contributed by atoms with Crippen LogP contribution in [0, 0.1) is 0 Å². The number of thioether (sulfide) groups is 1. The molecule has 0 bridgehead atoms. The molecular weight excluding hydrogens is 264 g/mol. The Morgan fingerprint density at radius 3 is 2.75 bits per heavy atom. The monoisotopic (exact) mass is 288 g/mol. The van der Waals surface area contributed by atoms with Crippen molar-refractivity contribution in [3.8, 4) is 0 Å². The summed E-state index contributed by atoms with van der Waals surface area (Å²) in [7, 11) is 0.